The average Bonchev–Trinajstić information content (AvgIpc) is 2.44. The van der Waals surface area contributed by atoms with Crippen molar-refractivity contribution in [1.82, 2.24) is 10.2 Å². The Balaban J connectivity index is 2.08. The van der Waals surface area contributed by atoms with E-state index in [1.165, 1.54) is 6.20 Å². The Morgan fingerprint density at radius 3 is 2.91 bits per heavy atom. The first kappa shape index (κ1) is 16.5. The number of halogens is 2. The van der Waals surface area contributed by atoms with Crippen LogP contribution in [-0.4, -0.2) is 29.7 Å². The van der Waals surface area contributed by atoms with Gasteiger partial charge in [-0.25, -0.2) is 5.10 Å². The number of aromatic amines is 1. The van der Waals surface area contributed by atoms with Crippen molar-refractivity contribution in [2.75, 3.05) is 23.8 Å². The molecule has 0 fully saturated rings. The molecule has 6 nitrogen and oxygen atoms in total. The third-order valence-corrected chi connectivity index (χ3v) is 3.89. The van der Waals surface area contributed by atoms with Crippen LogP contribution >= 0.6 is 27.5 Å². The molecular formula is C14H14BrClN4O2. The highest BCUT2D eigenvalue weighted by molar-refractivity contribution is 9.10. The van der Waals surface area contributed by atoms with Gasteiger partial charge in [0.2, 0.25) is 5.91 Å². The van der Waals surface area contributed by atoms with Gasteiger partial charge in [0, 0.05) is 17.2 Å². The molecule has 0 aliphatic carbocycles. The van der Waals surface area contributed by atoms with Gasteiger partial charge in [-0.2, -0.15) is 5.10 Å². The fourth-order valence-corrected chi connectivity index (χ4v) is 2.61. The number of anilines is 2. The van der Waals surface area contributed by atoms with E-state index in [-0.39, 0.29) is 17.5 Å². The zero-order valence-electron chi connectivity index (χ0n) is 12.0. The molecule has 2 N–H and O–H groups in total. The summed E-state index contributed by atoms with van der Waals surface area (Å²) in [5.74, 6) is -0.218. The zero-order chi connectivity index (χ0) is 16.3. The molecule has 0 saturated carbocycles. The Labute approximate surface area is 140 Å². The summed E-state index contributed by atoms with van der Waals surface area (Å²) in [5, 5.41) is 8.74. The third kappa shape index (κ3) is 3.86. The van der Waals surface area contributed by atoms with Gasteiger partial charge in [-0.15, -0.1) is 0 Å². The summed E-state index contributed by atoms with van der Waals surface area (Å²) in [6.45, 7) is 1.95. The van der Waals surface area contributed by atoms with E-state index in [0.29, 0.717) is 5.69 Å². The van der Waals surface area contributed by atoms with Gasteiger partial charge < -0.3 is 10.2 Å². The van der Waals surface area contributed by atoms with Crippen LogP contribution in [0.15, 0.2) is 33.7 Å². The van der Waals surface area contributed by atoms with Gasteiger partial charge in [0.25, 0.3) is 5.56 Å². The summed E-state index contributed by atoms with van der Waals surface area (Å²) >= 11 is 9.29. The number of nitrogens with zero attached hydrogens (tertiary/aromatic N) is 2. The number of amides is 1. The van der Waals surface area contributed by atoms with Crippen molar-refractivity contribution in [3.63, 3.8) is 0 Å². The van der Waals surface area contributed by atoms with E-state index < -0.39 is 5.56 Å². The molecule has 1 amide bonds. The minimum atomic E-state index is -0.491. The molecule has 0 aliphatic heterocycles. The lowest BCUT2D eigenvalue weighted by Crippen LogP contribution is -2.31. The summed E-state index contributed by atoms with van der Waals surface area (Å²) in [7, 11) is 1.66. The molecule has 0 bridgehead atoms. The molecule has 0 spiro atoms. The van der Waals surface area contributed by atoms with Crippen molar-refractivity contribution in [3.05, 3.63) is 49.8 Å². The molecule has 2 rings (SSSR count). The van der Waals surface area contributed by atoms with E-state index in [1.54, 1.807) is 11.9 Å². The lowest BCUT2D eigenvalue weighted by Gasteiger charge is -2.19. The minimum absolute atomic E-state index is 0.00474. The van der Waals surface area contributed by atoms with Gasteiger partial charge in [-0.3, -0.25) is 9.59 Å². The number of carbonyl (C=O) groups is 1. The van der Waals surface area contributed by atoms with Crippen LogP contribution in [-0.2, 0) is 4.79 Å². The highest BCUT2D eigenvalue weighted by atomic mass is 79.9. The normalized spacial score (nSPS) is 10.4. The molecule has 0 aliphatic rings. The first-order chi connectivity index (χ1) is 10.4. The van der Waals surface area contributed by atoms with Crippen LogP contribution in [0.5, 0.6) is 0 Å². The second-order valence-corrected chi connectivity index (χ2v) is 6.06. The van der Waals surface area contributed by atoms with E-state index in [4.69, 9.17) is 11.6 Å². The number of rotatable bonds is 4. The van der Waals surface area contributed by atoms with E-state index >= 15 is 0 Å². The Morgan fingerprint density at radius 2 is 2.23 bits per heavy atom. The second kappa shape index (κ2) is 6.93. The van der Waals surface area contributed by atoms with E-state index in [2.05, 4.69) is 31.4 Å². The molecule has 116 valence electrons. The van der Waals surface area contributed by atoms with Crippen LogP contribution in [0.3, 0.4) is 0 Å². The van der Waals surface area contributed by atoms with Crippen LogP contribution < -0.4 is 15.8 Å². The maximum atomic E-state index is 12.1. The van der Waals surface area contributed by atoms with E-state index in [1.807, 2.05) is 25.1 Å². The largest absolute Gasteiger partial charge is 0.363 e. The molecule has 1 heterocycles. The molecule has 2 aromatic rings. The van der Waals surface area contributed by atoms with Gasteiger partial charge in [0.15, 0.2) is 0 Å². The van der Waals surface area contributed by atoms with Crippen molar-refractivity contribution < 1.29 is 4.79 Å². The average molecular weight is 386 g/mol. The molecule has 0 radical (unpaired) electrons. The molecule has 0 atom stereocenters. The first-order valence-electron chi connectivity index (χ1n) is 6.39. The smallest absolute Gasteiger partial charge is 0.285 e. The predicted molar refractivity (Wildman–Crippen MR) is 90.6 cm³/mol. The third-order valence-electron chi connectivity index (χ3n) is 3.03. The fourth-order valence-electron chi connectivity index (χ4n) is 1.90. The van der Waals surface area contributed by atoms with Crippen molar-refractivity contribution in [2.45, 2.75) is 6.92 Å². The Hall–Kier alpha value is -1.86. The predicted octanol–water partition coefficient (Wildman–Crippen LogP) is 2.57. The Bertz CT molecular complexity index is 763. The molecule has 0 saturated heterocycles. The molecule has 1 aromatic heterocycles. The number of benzene rings is 1. The Morgan fingerprint density at radius 1 is 1.50 bits per heavy atom. The molecule has 1 aromatic carbocycles. The zero-order valence-corrected chi connectivity index (χ0v) is 14.3. The van der Waals surface area contributed by atoms with E-state index in [9.17, 15) is 9.59 Å². The van der Waals surface area contributed by atoms with Gasteiger partial charge in [-0.1, -0.05) is 27.5 Å². The van der Waals surface area contributed by atoms with Gasteiger partial charge >= 0.3 is 0 Å². The summed E-state index contributed by atoms with van der Waals surface area (Å²) in [6.07, 6.45) is 1.40. The topological polar surface area (TPSA) is 78.1 Å². The molecule has 0 unspecified atom stereocenters. The molecule has 8 heteroatoms. The first-order valence-corrected chi connectivity index (χ1v) is 7.56. The van der Waals surface area contributed by atoms with Gasteiger partial charge in [0.05, 0.1) is 18.4 Å². The van der Waals surface area contributed by atoms with Gasteiger partial charge in [-0.05, 0) is 30.7 Å². The standard InChI is InChI=1S/C14H14BrClN4O2/c1-8-5-9(15)3-4-10(8)18-12(21)7-20(2)11-6-17-19-14(22)13(11)16/h3-6H,7H2,1-2H3,(H,18,21)(H,19,22). The Kier molecular flexibility index (Phi) is 5.20. The quantitative estimate of drug-likeness (QED) is 0.848. The molecular weight excluding hydrogens is 372 g/mol. The lowest BCUT2D eigenvalue weighted by molar-refractivity contribution is -0.114. The fraction of sp³-hybridized carbons (Fsp3) is 0.214. The number of aromatic nitrogens is 2. The van der Waals surface area contributed by atoms with Crippen LogP contribution in [0, 0.1) is 6.92 Å². The monoisotopic (exact) mass is 384 g/mol. The number of hydrogen-bond donors (Lipinski definition) is 2. The van der Waals surface area contributed by atoms with Crippen molar-refractivity contribution in [1.29, 1.82) is 0 Å². The number of aryl methyl sites for hydroxylation is 1. The minimum Gasteiger partial charge on any atom is -0.363 e. The van der Waals surface area contributed by atoms with Crippen LogP contribution in [0.2, 0.25) is 5.02 Å². The van der Waals surface area contributed by atoms with Gasteiger partial charge in [0.1, 0.15) is 5.02 Å². The number of H-pyrrole nitrogens is 1. The SMILES string of the molecule is Cc1cc(Br)ccc1NC(=O)CN(C)c1cn[nH]c(=O)c1Cl. The van der Waals surface area contributed by atoms with Crippen molar-refractivity contribution >= 4 is 44.8 Å². The number of hydrogen-bond acceptors (Lipinski definition) is 4. The van der Waals surface area contributed by atoms with E-state index in [0.717, 1.165) is 15.7 Å². The van der Waals surface area contributed by atoms with Crippen LogP contribution in [0.4, 0.5) is 11.4 Å². The number of likely N-dealkylation sites (N-methyl/N-ethyl adjacent to an activating group) is 1. The summed E-state index contributed by atoms with van der Waals surface area (Å²) < 4.78 is 0.946. The van der Waals surface area contributed by atoms with Crippen molar-refractivity contribution in [3.8, 4) is 0 Å². The lowest BCUT2D eigenvalue weighted by atomic mass is 10.2. The maximum absolute atomic E-state index is 12.1. The molecule has 22 heavy (non-hydrogen) atoms. The number of carbonyl (C=O) groups excluding carboxylic acids is 1. The number of nitrogens with one attached hydrogen (secondary N) is 2. The highest BCUT2D eigenvalue weighted by Gasteiger charge is 2.13. The summed E-state index contributed by atoms with van der Waals surface area (Å²) in [5.41, 5.74) is 1.58. The second-order valence-electron chi connectivity index (χ2n) is 4.76. The summed E-state index contributed by atoms with van der Waals surface area (Å²) in [6, 6.07) is 5.58. The van der Waals surface area contributed by atoms with Crippen LogP contribution in [0.1, 0.15) is 5.56 Å². The highest BCUT2D eigenvalue weighted by Crippen LogP contribution is 2.21. The summed E-state index contributed by atoms with van der Waals surface area (Å²) in [4.78, 5) is 25.1. The maximum Gasteiger partial charge on any atom is 0.285 e. The van der Waals surface area contributed by atoms with Crippen LogP contribution in [0.25, 0.3) is 0 Å². The van der Waals surface area contributed by atoms with Crippen molar-refractivity contribution in [2.24, 2.45) is 0 Å².